The van der Waals surface area contributed by atoms with Crippen molar-refractivity contribution in [1.82, 2.24) is 9.97 Å². The third-order valence-corrected chi connectivity index (χ3v) is 2.86. The fourth-order valence-corrected chi connectivity index (χ4v) is 1.90. The Bertz CT molecular complexity index is 570. The molecule has 2 rings (SSSR count). The first-order chi connectivity index (χ1) is 9.58. The molecule has 0 aliphatic carbocycles. The summed E-state index contributed by atoms with van der Waals surface area (Å²) in [5.74, 6) is 2.50. The van der Waals surface area contributed by atoms with Crippen molar-refractivity contribution < 1.29 is 4.74 Å². The van der Waals surface area contributed by atoms with Gasteiger partial charge in [0.2, 0.25) is 0 Å². The first kappa shape index (κ1) is 14.6. The number of ether oxygens (including phenoxy) is 1. The third kappa shape index (κ3) is 3.84. The molecule has 0 aliphatic heterocycles. The van der Waals surface area contributed by atoms with Gasteiger partial charge in [-0.2, -0.15) is 0 Å². The predicted molar refractivity (Wildman–Crippen MR) is 82.0 cm³/mol. The first-order valence-corrected chi connectivity index (χ1v) is 7.00. The van der Waals surface area contributed by atoms with Crippen molar-refractivity contribution in [2.24, 2.45) is 0 Å². The molecule has 0 atom stereocenters. The van der Waals surface area contributed by atoms with Crippen molar-refractivity contribution >= 4 is 23.1 Å². The Labute approximate surface area is 124 Å². The number of benzene rings is 1. The van der Waals surface area contributed by atoms with Gasteiger partial charge in [0, 0.05) is 17.7 Å². The van der Waals surface area contributed by atoms with Crippen LogP contribution in [0.3, 0.4) is 0 Å². The minimum Gasteiger partial charge on any atom is -0.494 e. The van der Waals surface area contributed by atoms with Gasteiger partial charge in [0.05, 0.1) is 6.61 Å². The summed E-state index contributed by atoms with van der Waals surface area (Å²) < 4.78 is 5.41. The van der Waals surface area contributed by atoms with Crippen molar-refractivity contribution in [1.29, 1.82) is 0 Å². The molecule has 0 radical (unpaired) electrons. The van der Waals surface area contributed by atoms with E-state index in [1.54, 1.807) is 6.07 Å². The maximum absolute atomic E-state index is 6.02. The molecule has 20 heavy (non-hydrogen) atoms. The largest absolute Gasteiger partial charge is 0.494 e. The van der Waals surface area contributed by atoms with Crippen LogP contribution < -0.4 is 10.1 Å². The number of nitrogens with zero attached hydrogens (tertiary/aromatic N) is 2. The molecule has 106 valence electrons. The molecule has 0 aliphatic rings. The molecule has 2 aromatic rings. The smallest absolute Gasteiger partial charge is 0.135 e. The summed E-state index contributed by atoms with van der Waals surface area (Å²) in [4.78, 5) is 8.66. The van der Waals surface area contributed by atoms with E-state index in [9.17, 15) is 0 Å². The van der Waals surface area contributed by atoms with Gasteiger partial charge < -0.3 is 10.1 Å². The van der Waals surface area contributed by atoms with Crippen molar-refractivity contribution in [3.63, 3.8) is 0 Å². The van der Waals surface area contributed by atoms with Crippen LogP contribution in [-0.4, -0.2) is 16.6 Å². The fraction of sp³-hybridized carbons (Fsp3) is 0.333. The van der Waals surface area contributed by atoms with Gasteiger partial charge in [-0.05, 0) is 31.2 Å². The molecule has 4 nitrogen and oxygen atoms in total. The number of anilines is 2. The second-order valence-corrected chi connectivity index (χ2v) is 5.06. The predicted octanol–water partition coefficient (Wildman–Crippen LogP) is 4.40. The van der Waals surface area contributed by atoms with E-state index in [-0.39, 0.29) is 5.92 Å². The van der Waals surface area contributed by atoms with Crippen LogP contribution in [0.15, 0.2) is 30.3 Å². The summed E-state index contributed by atoms with van der Waals surface area (Å²) in [5.41, 5.74) is 0.929. The highest BCUT2D eigenvalue weighted by atomic mass is 35.5. The molecule has 1 N–H and O–H groups in total. The quantitative estimate of drug-likeness (QED) is 0.830. The zero-order valence-corrected chi connectivity index (χ0v) is 12.6. The van der Waals surface area contributed by atoms with Gasteiger partial charge in [0.15, 0.2) is 0 Å². The monoisotopic (exact) mass is 291 g/mol. The van der Waals surface area contributed by atoms with Crippen molar-refractivity contribution in [2.45, 2.75) is 26.7 Å². The van der Waals surface area contributed by atoms with Crippen LogP contribution in [0.2, 0.25) is 5.15 Å². The average molecular weight is 292 g/mol. The molecule has 0 saturated heterocycles. The molecule has 0 unspecified atom stereocenters. The second-order valence-electron chi connectivity index (χ2n) is 4.67. The number of rotatable bonds is 5. The Balaban J connectivity index is 2.16. The van der Waals surface area contributed by atoms with Crippen LogP contribution in [0.5, 0.6) is 5.75 Å². The van der Waals surface area contributed by atoms with E-state index in [0.717, 1.165) is 17.3 Å². The number of hydrogen-bond donors (Lipinski definition) is 1. The van der Waals surface area contributed by atoms with Crippen molar-refractivity contribution in [2.75, 3.05) is 11.9 Å². The lowest BCUT2D eigenvalue weighted by atomic mass is 10.2. The molecular formula is C15H18ClN3O. The lowest BCUT2D eigenvalue weighted by Gasteiger charge is -2.10. The van der Waals surface area contributed by atoms with Crippen molar-refractivity contribution in [3.8, 4) is 5.75 Å². The SMILES string of the molecule is CCOc1ccc(Nc2cc(Cl)nc(C(C)C)n2)cc1. The minimum atomic E-state index is 0.231. The van der Waals surface area contributed by atoms with Crippen molar-refractivity contribution in [3.05, 3.63) is 41.3 Å². The average Bonchev–Trinajstić information content (AvgIpc) is 2.40. The maximum atomic E-state index is 6.02. The highest BCUT2D eigenvalue weighted by Crippen LogP contribution is 2.22. The van der Waals surface area contributed by atoms with Crippen LogP contribution in [0.25, 0.3) is 0 Å². The molecule has 0 saturated carbocycles. The minimum absolute atomic E-state index is 0.231. The Morgan fingerprint density at radius 2 is 1.90 bits per heavy atom. The van der Waals surface area contributed by atoms with Crippen LogP contribution in [-0.2, 0) is 0 Å². The standard InChI is InChI=1S/C15H18ClN3O/c1-4-20-12-7-5-11(6-8-12)17-14-9-13(16)18-15(19-14)10(2)3/h5-10H,4H2,1-3H3,(H,17,18,19). The fourth-order valence-electron chi connectivity index (χ4n) is 1.71. The first-order valence-electron chi connectivity index (χ1n) is 6.63. The number of nitrogens with one attached hydrogen (secondary N) is 1. The van der Waals surface area contributed by atoms with Gasteiger partial charge in [0.25, 0.3) is 0 Å². The Morgan fingerprint density at radius 3 is 2.50 bits per heavy atom. The maximum Gasteiger partial charge on any atom is 0.135 e. The molecule has 0 amide bonds. The lowest BCUT2D eigenvalue weighted by Crippen LogP contribution is -2.02. The van der Waals surface area contributed by atoms with Gasteiger partial charge in [0.1, 0.15) is 22.5 Å². The number of hydrogen-bond acceptors (Lipinski definition) is 4. The van der Waals surface area contributed by atoms with Gasteiger partial charge >= 0.3 is 0 Å². The highest BCUT2D eigenvalue weighted by molar-refractivity contribution is 6.29. The van der Waals surface area contributed by atoms with Crippen LogP contribution in [0, 0.1) is 0 Å². The number of halogens is 1. The Hall–Kier alpha value is -1.81. The van der Waals surface area contributed by atoms with Gasteiger partial charge in [-0.25, -0.2) is 9.97 Å². The molecule has 1 aromatic heterocycles. The molecular weight excluding hydrogens is 274 g/mol. The molecule has 5 heteroatoms. The van der Waals surface area contributed by atoms with E-state index in [1.165, 1.54) is 0 Å². The Morgan fingerprint density at radius 1 is 1.20 bits per heavy atom. The summed E-state index contributed by atoms with van der Waals surface area (Å²) in [5, 5.41) is 3.66. The zero-order chi connectivity index (χ0) is 14.5. The topological polar surface area (TPSA) is 47.0 Å². The van der Waals surface area contributed by atoms with Gasteiger partial charge in [-0.15, -0.1) is 0 Å². The summed E-state index contributed by atoms with van der Waals surface area (Å²) >= 11 is 6.02. The van der Waals surface area contributed by atoms with Crippen LogP contribution in [0.4, 0.5) is 11.5 Å². The van der Waals surface area contributed by atoms with E-state index < -0.39 is 0 Å². The zero-order valence-electron chi connectivity index (χ0n) is 11.9. The third-order valence-electron chi connectivity index (χ3n) is 2.67. The second kappa shape index (κ2) is 6.57. The molecule has 0 bridgehead atoms. The summed E-state index contributed by atoms with van der Waals surface area (Å²) in [6.45, 7) is 6.69. The summed E-state index contributed by atoms with van der Waals surface area (Å²) in [6.07, 6.45) is 0. The van der Waals surface area contributed by atoms with E-state index in [1.807, 2.05) is 45.0 Å². The van der Waals surface area contributed by atoms with E-state index in [0.29, 0.717) is 17.6 Å². The van der Waals surface area contributed by atoms with Crippen LogP contribution >= 0.6 is 11.6 Å². The molecule has 1 aromatic carbocycles. The molecule has 0 spiro atoms. The highest BCUT2D eigenvalue weighted by Gasteiger charge is 2.07. The molecule has 1 heterocycles. The van der Waals surface area contributed by atoms with E-state index >= 15 is 0 Å². The molecule has 0 fully saturated rings. The summed E-state index contributed by atoms with van der Waals surface area (Å²) in [6, 6.07) is 9.42. The van der Waals surface area contributed by atoms with Gasteiger partial charge in [-0.3, -0.25) is 0 Å². The number of aromatic nitrogens is 2. The van der Waals surface area contributed by atoms with E-state index in [4.69, 9.17) is 16.3 Å². The van der Waals surface area contributed by atoms with Gasteiger partial charge in [-0.1, -0.05) is 25.4 Å². The van der Waals surface area contributed by atoms with Crippen LogP contribution in [0.1, 0.15) is 32.5 Å². The lowest BCUT2D eigenvalue weighted by molar-refractivity contribution is 0.340. The normalized spacial score (nSPS) is 10.7. The Kier molecular flexibility index (Phi) is 4.79. The summed E-state index contributed by atoms with van der Waals surface area (Å²) in [7, 11) is 0. The van der Waals surface area contributed by atoms with E-state index in [2.05, 4.69) is 15.3 Å².